The van der Waals surface area contributed by atoms with Gasteiger partial charge in [-0.15, -0.1) is 0 Å². The molecule has 2 rings (SSSR count). The highest BCUT2D eigenvalue weighted by Gasteiger charge is 2.17. The zero-order valence-corrected chi connectivity index (χ0v) is 12.4. The number of halogens is 2. The van der Waals surface area contributed by atoms with Gasteiger partial charge < -0.3 is 5.11 Å². The van der Waals surface area contributed by atoms with Gasteiger partial charge in [0.15, 0.2) is 0 Å². The Labute approximate surface area is 122 Å². The third kappa shape index (κ3) is 3.11. The van der Waals surface area contributed by atoms with Crippen LogP contribution in [0.4, 0.5) is 0 Å². The number of nitrogens with zero attached hydrogens (tertiary/aromatic N) is 2. The van der Waals surface area contributed by atoms with Crippen LogP contribution in [-0.4, -0.2) is 14.9 Å². The minimum atomic E-state index is -0.642. The standard InChI is InChI=1S/C14H16Cl2N2O/c1-3-11-14(16)12(18(2)17-11)8-13(19)9-5-4-6-10(15)7-9/h4-7,13,19H,3,8H2,1-2H3. The van der Waals surface area contributed by atoms with Gasteiger partial charge in [-0.25, -0.2) is 0 Å². The van der Waals surface area contributed by atoms with E-state index in [1.165, 1.54) is 0 Å². The van der Waals surface area contributed by atoms with E-state index in [1.54, 1.807) is 16.8 Å². The van der Waals surface area contributed by atoms with Crippen LogP contribution in [-0.2, 0) is 19.9 Å². The van der Waals surface area contributed by atoms with Crippen molar-refractivity contribution in [2.24, 2.45) is 7.05 Å². The summed E-state index contributed by atoms with van der Waals surface area (Å²) < 4.78 is 1.73. The Morgan fingerprint density at radius 1 is 1.37 bits per heavy atom. The fourth-order valence-corrected chi connectivity index (χ4v) is 2.63. The van der Waals surface area contributed by atoms with Crippen LogP contribution in [0.1, 0.15) is 30.0 Å². The molecule has 2 aromatic rings. The summed E-state index contributed by atoms with van der Waals surface area (Å²) in [5, 5.41) is 15.9. The zero-order valence-electron chi connectivity index (χ0n) is 10.9. The molecule has 1 aromatic heterocycles. The van der Waals surface area contributed by atoms with Crippen molar-refractivity contribution in [1.82, 2.24) is 9.78 Å². The molecule has 0 saturated heterocycles. The molecule has 19 heavy (non-hydrogen) atoms. The molecule has 5 heteroatoms. The second-order valence-corrected chi connectivity index (χ2v) is 5.27. The number of benzene rings is 1. The fraction of sp³-hybridized carbons (Fsp3) is 0.357. The maximum absolute atomic E-state index is 10.3. The third-order valence-electron chi connectivity index (χ3n) is 3.12. The van der Waals surface area contributed by atoms with E-state index in [9.17, 15) is 5.11 Å². The number of hydrogen-bond donors (Lipinski definition) is 1. The van der Waals surface area contributed by atoms with Crippen LogP contribution >= 0.6 is 23.2 Å². The molecule has 0 aliphatic carbocycles. The number of aliphatic hydroxyl groups is 1. The Hall–Kier alpha value is -1.03. The summed E-state index contributed by atoms with van der Waals surface area (Å²) >= 11 is 12.2. The van der Waals surface area contributed by atoms with Gasteiger partial charge in [0.25, 0.3) is 0 Å². The summed E-state index contributed by atoms with van der Waals surface area (Å²) in [5.41, 5.74) is 2.48. The smallest absolute Gasteiger partial charge is 0.0850 e. The largest absolute Gasteiger partial charge is 0.388 e. The van der Waals surface area contributed by atoms with Gasteiger partial charge in [-0.05, 0) is 24.1 Å². The number of aryl methyl sites for hydroxylation is 2. The van der Waals surface area contributed by atoms with Crippen LogP contribution in [0.5, 0.6) is 0 Å². The maximum Gasteiger partial charge on any atom is 0.0850 e. The highest BCUT2D eigenvalue weighted by molar-refractivity contribution is 6.32. The van der Waals surface area contributed by atoms with Gasteiger partial charge in [0.1, 0.15) is 0 Å². The van der Waals surface area contributed by atoms with Crippen molar-refractivity contribution >= 4 is 23.2 Å². The first-order valence-electron chi connectivity index (χ1n) is 6.16. The Morgan fingerprint density at radius 3 is 2.68 bits per heavy atom. The number of aliphatic hydroxyl groups excluding tert-OH is 1. The SMILES string of the molecule is CCc1nn(C)c(CC(O)c2cccc(Cl)c2)c1Cl. The lowest BCUT2D eigenvalue weighted by Crippen LogP contribution is -2.06. The van der Waals surface area contributed by atoms with Gasteiger partial charge in [-0.3, -0.25) is 4.68 Å². The van der Waals surface area contributed by atoms with Gasteiger partial charge in [0.05, 0.1) is 22.5 Å². The molecule has 1 N–H and O–H groups in total. The monoisotopic (exact) mass is 298 g/mol. The summed E-state index contributed by atoms with van der Waals surface area (Å²) in [6.07, 6.45) is 0.555. The molecule has 0 bridgehead atoms. The van der Waals surface area contributed by atoms with Gasteiger partial charge in [0, 0.05) is 18.5 Å². The molecule has 0 aliphatic rings. The molecule has 1 aromatic carbocycles. The molecular formula is C14H16Cl2N2O. The summed E-state index contributed by atoms with van der Waals surface area (Å²) in [7, 11) is 1.84. The highest BCUT2D eigenvalue weighted by atomic mass is 35.5. The summed E-state index contributed by atoms with van der Waals surface area (Å²) in [6.45, 7) is 2.01. The predicted molar refractivity (Wildman–Crippen MR) is 77.7 cm³/mol. The van der Waals surface area contributed by atoms with Crippen LogP contribution in [0.25, 0.3) is 0 Å². The third-order valence-corrected chi connectivity index (χ3v) is 3.79. The van der Waals surface area contributed by atoms with E-state index < -0.39 is 6.10 Å². The quantitative estimate of drug-likeness (QED) is 0.937. The van der Waals surface area contributed by atoms with Gasteiger partial charge in [-0.2, -0.15) is 5.10 Å². The second-order valence-electron chi connectivity index (χ2n) is 4.46. The lowest BCUT2D eigenvalue weighted by atomic mass is 10.0. The molecule has 0 radical (unpaired) electrons. The van der Waals surface area contributed by atoms with E-state index in [0.717, 1.165) is 23.4 Å². The lowest BCUT2D eigenvalue weighted by Gasteiger charge is -2.12. The number of aromatic nitrogens is 2. The first-order valence-corrected chi connectivity index (χ1v) is 6.92. The zero-order chi connectivity index (χ0) is 14.0. The van der Waals surface area contributed by atoms with Crippen LogP contribution in [0.15, 0.2) is 24.3 Å². The fourth-order valence-electron chi connectivity index (χ4n) is 2.06. The minimum Gasteiger partial charge on any atom is -0.388 e. The molecule has 0 amide bonds. The van der Waals surface area contributed by atoms with Crippen molar-refractivity contribution in [3.05, 3.63) is 51.3 Å². The van der Waals surface area contributed by atoms with Crippen LogP contribution in [0, 0.1) is 0 Å². The van der Waals surface area contributed by atoms with Crippen molar-refractivity contribution < 1.29 is 5.11 Å². The molecule has 1 unspecified atom stereocenters. The summed E-state index contributed by atoms with van der Waals surface area (Å²) in [6, 6.07) is 7.21. The van der Waals surface area contributed by atoms with Gasteiger partial charge in [-0.1, -0.05) is 42.3 Å². The van der Waals surface area contributed by atoms with Crippen LogP contribution in [0.3, 0.4) is 0 Å². The molecule has 102 valence electrons. The maximum atomic E-state index is 10.3. The van der Waals surface area contributed by atoms with Crippen molar-refractivity contribution in [1.29, 1.82) is 0 Å². The van der Waals surface area contributed by atoms with Crippen molar-refractivity contribution in [3.8, 4) is 0 Å². The van der Waals surface area contributed by atoms with E-state index in [1.807, 2.05) is 26.1 Å². The van der Waals surface area contributed by atoms with Gasteiger partial charge in [0.2, 0.25) is 0 Å². The molecule has 3 nitrogen and oxygen atoms in total. The molecule has 0 saturated carbocycles. The Bertz CT molecular complexity index is 581. The van der Waals surface area contributed by atoms with Crippen molar-refractivity contribution in [2.75, 3.05) is 0 Å². The van der Waals surface area contributed by atoms with E-state index in [0.29, 0.717) is 16.5 Å². The predicted octanol–water partition coefficient (Wildman–Crippen LogP) is 3.57. The molecule has 0 aliphatic heterocycles. The van der Waals surface area contributed by atoms with E-state index >= 15 is 0 Å². The topological polar surface area (TPSA) is 38.0 Å². The number of hydrogen-bond acceptors (Lipinski definition) is 2. The Balaban J connectivity index is 2.24. The average Bonchev–Trinajstić information content (AvgIpc) is 2.66. The van der Waals surface area contributed by atoms with Crippen molar-refractivity contribution in [2.45, 2.75) is 25.9 Å². The van der Waals surface area contributed by atoms with E-state index in [-0.39, 0.29) is 0 Å². The van der Waals surface area contributed by atoms with Gasteiger partial charge >= 0.3 is 0 Å². The summed E-state index contributed by atoms with van der Waals surface area (Å²) in [5.74, 6) is 0. The Morgan fingerprint density at radius 2 is 2.11 bits per heavy atom. The Kier molecular flexibility index (Phi) is 4.50. The first kappa shape index (κ1) is 14.4. The molecule has 0 spiro atoms. The lowest BCUT2D eigenvalue weighted by molar-refractivity contribution is 0.176. The minimum absolute atomic E-state index is 0.419. The van der Waals surface area contributed by atoms with Crippen LogP contribution in [0.2, 0.25) is 10.0 Å². The van der Waals surface area contributed by atoms with E-state index in [4.69, 9.17) is 23.2 Å². The first-order chi connectivity index (χ1) is 9.02. The normalized spacial score (nSPS) is 12.7. The number of rotatable bonds is 4. The second kappa shape index (κ2) is 5.95. The molecular weight excluding hydrogens is 283 g/mol. The van der Waals surface area contributed by atoms with E-state index in [2.05, 4.69) is 5.10 Å². The highest BCUT2D eigenvalue weighted by Crippen LogP contribution is 2.27. The summed E-state index contributed by atoms with van der Waals surface area (Å²) in [4.78, 5) is 0. The molecule has 0 fully saturated rings. The molecule has 1 heterocycles. The molecule has 1 atom stereocenters. The van der Waals surface area contributed by atoms with Crippen LogP contribution < -0.4 is 0 Å². The average molecular weight is 299 g/mol. The van der Waals surface area contributed by atoms with Crippen molar-refractivity contribution in [3.63, 3.8) is 0 Å².